The van der Waals surface area contributed by atoms with Crippen LogP contribution in [0.2, 0.25) is 0 Å². The van der Waals surface area contributed by atoms with Crippen LogP contribution in [0.3, 0.4) is 0 Å². The second-order valence-electron chi connectivity index (χ2n) is 6.92. The van der Waals surface area contributed by atoms with Gasteiger partial charge in [0.25, 0.3) is 5.91 Å². The number of aromatic nitrogens is 2. The topological polar surface area (TPSA) is 67.2 Å². The average Bonchev–Trinajstić information content (AvgIpc) is 3.36. The zero-order valence-corrected chi connectivity index (χ0v) is 16.0. The second kappa shape index (κ2) is 8.14. The lowest BCUT2D eigenvalue weighted by molar-refractivity contribution is -0.121. The molecule has 2 aromatic carbocycles. The first-order valence-electron chi connectivity index (χ1n) is 9.59. The molecule has 0 spiro atoms. The number of carbonyl (C=O) groups excluding carboxylic acids is 2. The number of nitrogens with zero attached hydrogens (tertiary/aromatic N) is 3. The van der Waals surface area contributed by atoms with Gasteiger partial charge in [-0.2, -0.15) is 5.10 Å². The van der Waals surface area contributed by atoms with E-state index in [0.29, 0.717) is 24.4 Å². The third kappa shape index (κ3) is 3.96. The highest BCUT2D eigenvalue weighted by Gasteiger charge is 2.30. The van der Waals surface area contributed by atoms with Crippen LogP contribution in [0.25, 0.3) is 11.4 Å². The van der Waals surface area contributed by atoms with E-state index in [-0.39, 0.29) is 18.2 Å². The van der Waals surface area contributed by atoms with Crippen LogP contribution in [-0.2, 0) is 11.2 Å². The average molecular weight is 386 g/mol. The molecular formula is C23H22N4O2. The number of hydrogen-bond acceptors (Lipinski definition) is 3. The zero-order chi connectivity index (χ0) is 20.2. The first-order valence-corrected chi connectivity index (χ1v) is 9.59. The summed E-state index contributed by atoms with van der Waals surface area (Å²) in [5.41, 5.74) is 4.29. The Hall–Kier alpha value is -3.67. The Morgan fingerprint density at radius 3 is 2.48 bits per heavy atom. The van der Waals surface area contributed by atoms with Gasteiger partial charge in [0, 0.05) is 48.7 Å². The Bertz CT molecular complexity index is 1000. The maximum absolute atomic E-state index is 12.5. The molecule has 0 radical (unpaired) electrons. The summed E-state index contributed by atoms with van der Waals surface area (Å²) < 4.78 is 1.80. The van der Waals surface area contributed by atoms with Gasteiger partial charge in [0.15, 0.2) is 0 Å². The summed E-state index contributed by atoms with van der Waals surface area (Å²) >= 11 is 0. The van der Waals surface area contributed by atoms with Gasteiger partial charge in [-0.15, -0.1) is 0 Å². The van der Waals surface area contributed by atoms with Crippen molar-refractivity contribution in [2.75, 3.05) is 13.1 Å². The van der Waals surface area contributed by atoms with Gasteiger partial charge in [0.1, 0.15) is 0 Å². The van der Waals surface area contributed by atoms with Crippen molar-refractivity contribution in [1.29, 1.82) is 0 Å². The van der Waals surface area contributed by atoms with Gasteiger partial charge >= 0.3 is 0 Å². The van der Waals surface area contributed by atoms with Crippen molar-refractivity contribution >= 4 is 17.5 Å². The summed E-state index contributed by atoms with van der Waals surface area (Å²) in [5.74, 6) is -0.162. The largest absolute Gasteiger partial charge is 0.356 e. The Morgan fingerprint density at radius 1 is 1.03 bits per heavy atom. The molecule has 146 valence electrons. The smallest absolute Gasteiger partial charge is 0.258 e. The quantitative estimate of drug-likeness (QED) is 0.679. The van der Waals surface area contributed by atoms with Crippen molar-refractivity contribution in [3.8, 4) is 5.69 Å². The van der Waals surface area contributed by atoms with E-state index in [9.17, 15) is 9.59 Å². The Balaban J connectivity index is 1.23. The second-order valence-corrected chi connectivity index (χ2v) is 6.92. The normalized spacial score (nSPS) is 12.9. The molecule has 0 saturated heterocycles. The van der Waals surface area contributed by atoms with Crippen molar-refractivity contribution in [3.63, 3.8) is 0 Å². The van der Waals surface area contributed by atoms with E-state index in [4.69, 9.17) is 0 Å². The van der Waals surface area contributed by atoms with Crippen LogP contribution < -0.4 is 5.32 Å². The fourth-order valence-electron chi connectivity index (χ4n) is 3.46. The van der Waals surface area contributed by atoms with Crippen molar-refractivity contribution in [1.82, 2.24) is 20.0 Å². The number of amides is 2. The maximum atomic E-state index is 12.5. The van der Waals surface area contributed by atoms with E-state index in [0.717, 1.165) is 23.2 Å². The molecule has 29 heavy (non-hydrogen) atoms. The molecule has 3 aromatic rings. The Morgan fingerprint density at radius 2 is 1.79 bits per heavy atom. The molecule has 0 atom stereocenters. The van der Waals surface area contributed by atoms with Crippen LogP contribution in [0.15, 0.2) is 73.6 Å². The summed E-state index contributed by atoms with van der Waals surface area (Å²) in [6, 6.07) is 17.4. The molecule has 0 bridgehead atoms. The number of nitrogens with one attached hydrogen (secondary N) is 1. The molecule has 0 saturated carbocycles. The first-order chi connectivity index (χ1) is 14.1. The van der Waals surface area contributed by atoms with Gasteiger partial charge in [-0.3, -0.25) is 9.59 Å². The molecule has 0 unspecified atom stereocenters. The van der Waals surface area contributed by atoms with Crippen LogP contribution in [0.4, 0.5) is 0 Å². The van der Waals surface area contributed by atoms with E-state index in [2.05, 4.69) is 17.0 Å². The molecule has 1 N–H and O–H groups in total. The predicted molar refractivity (Wildman–Crippen MR) is 111 cm³/mol. The van der Waals surface area contributed by atoms with Crippen LogP contribution in [-0.4, -0.2) is 39.6 Å². The van der Waals surface area contributed by atoms with E-state index >= 15 is 0 Å². The fourth-order valence-corrected chi connectivity index (χ4v) is 3.46. The molecule has 6 nitrogen and oxygen atoms in total. The van der Waals surface area contributed by atoms with Gasteiger partial charge in [0.05, 0.1) is 5.69 Å². The summed E-state index contributed by atoms with van der Waals surface area (Å²) in [7, 11) is 0. The van der Waals surface area contributed by atoms with Crippen molar-refractivity contribution in [2.24, 2.45) is 0 Å². The zero-order valence-electron chi connectivity index (χ0n) is 16.0. The number of benzene rings is 2. The van der Waals surface area contributed by atoms with Gasteiger partial charge < -0.3 is 10.2 Å². The molecule has 4 rings (SSSR count). The van der Waals surface area contributed by atoms with Gasteiger partial charge in [-0.05, 0) is 36.2 Å². The highest BCUT2D eigenvalue weighted by Crippen LogP contribution is 2.30. The van der Waals surface area contributed by atoms with Gasteiger partial charge in [-0.25, -0.2) is 4.68 Å². The predicted octanol–water partition coefficient (Wildman–Crippen LogP) is 3.05. The maximum Gasteiger partial charge on any atom is 0.258 e. The van der Waals surface area contributed by atoms with Crippen LogP contribution in [0.1, 0.15) is 27.9 Å². The molecule has 1 aliphatic rings. The lowest BCUT2D eigenvalue weighted by atomic mass is 10.1. The van der Waals surface area contributed by atoms with E-state index < -0.39 is 0 Å². The highest BCUT2D eigenvalue weighted by atomic mass is 16.2. The monoisotopic (exact) mass is 386 g/mol. The molecule has 6 heteroatoms. The van der Waals surface area contributed by atoms with E-state index in [1.165, 1.54) is 0 Å². The van der Waals surface area contributed by atoms with Crippen LogP contribution >= 0.6 is 0 Å². The molecule has 2 amide bonds. The summed E-state index contributed by atoms with van der Waals surface area (Å²) in [4.78, 5) is 26.2. The molecule has 1 aromatic heterocycles. The molecule has 0 aliphatic carbocycles. The lowest BCUT2D eigenvalue weighted by Gasteiger charge is -2.17. The van der Waals surface area contributed by atoms with Gasteiger partial charge in [0.2, 0.25) is 5.91 Å². The Labute approximate surface area is 169 Å². The summed E-state index contributed by atoms with van der Waals surface area (Å²) in [5, 5.41) is 7.13. The third-order valence-corrected chi connectivity index (χ3v) is 5.04. The summed E-state index contributed by atoms with van der Waals surface area (Å²) in [6.07, 6.45) is 4.63. The SMILES string of the molecule is C=C1c2ccccc2C(=O)N1CCC(=O)NCCc1ccc(-n2cccn2)cc1. The molecule has 0 fully saturated rings. The van der Waals surface area contributed by atoms with E-state index in [1.54, 1.807) is 21.8 Å². The molecule has 1 aliphatic heterocycles. The van der Waals surface area contributed by atoms with Crippen molar-refractivity contribution < 1.29 is 9.59 Å². The standard InChI is InChI=1S/C23H22N4O2/c1-17-20-5-2-3-6-21(20)23(29)26(17)16-12-22(28)24-14-11-18-7-9-19(10-8-18)27-15-4-13-25-27/h2-10,13,15H,1,11-12,14,16H2,(H,24,28). The number of carbonyl (C=O) groups is 2. The highest BCUT2D eigenvalue weighted by molar-refractivity contribution is 6.08. The minimum absolute atomic E-state index is 0.0743. The summed E-state index contributed by atoms with van der Waals surface area (Å²) in [6.45, 7) is 4.88. The Kier molecular flexibility index (Phi) is 5.24. The lowest BCUT2D eigenvalue weighted by Crippen LogP contribution is -2.31. The molecular weight excluding hydrogens is 364 g/mol. The number of fused-ring (bicyclic) bond motifs is 1. The number of hydrogen-bond donors (Lipinski definition) is 1. The van der Waals surface area contributed by atoms with Gasteiger partial charge in [-0.1, -0.05) is 36.9 Å². The minimum Gasteiger partial charge on any atom is -0.356 e. The minimum atomic E-state index is -0.0873. The molecule has 2 heterocycles. The van der Waals surface area contributed by atoms with Crippen molar-refractivity contribution in [2.45, 2.75) is 12.8 Å². The number of rotatable bonds is 7. The van der Waals surface area contributed by atoms with Crippen molar-refractivity contribution in [3.05, 3.63) is 90.3 Å². The van der Waals surface area contributed by atoms with E-state index in [1.807, 2.05) is 54.7 Å². The van der Waals surface area contributed by atoms with Crippen LogP contribution in [0, 0.1) is 0 Å². The third-order valence-electron chi connectivity index (χ3n) is 5.04. The first kappa shape index (κ1) is 18.7. The fraction of sp³-hybridized carbons (Fsp3) is 0.174. The van der Waals surface area contributed by atoms with Crippen LogP contribution in [0.5, 0.6) is 0 Å².